The first-order valence-electron chi connectivity index (χ1n) is 16.9. The molecule has 48 heavy (non-hydrogen) atoms. The zero-order valence-corrected chi connectivity index (χ0v) is 29.7. The van der Waals surface area contributed by atoms with Gasteiger partial charge in [-0.15, -0.1) is 5.73 Å². The van der Waals surface area contributed by atoms with Crippen LogP contribution in [0, 0.1) is 5.41 Å². The molecule has 0 atom stereocenters. The van der Waals surface area contributed by atoms with Gasteiger partial charge >= 0.3 is 0 Å². The number of hydrogen-bond acceptors (Lipinski definition) is 7. The van der Waals surface area contributed by atoms with Crippen LogP contribution in [-0.2, 0) is 14.3 Å². The van der Waals surface area contributed by atoms with Crippen LogP contribution in [0.25, 0.3) is 4.91 Å². The Labute approximate surface area is 291 Å². The Balaban J connectivity index is 1.62. The van der Waals surface area contributed by atoms with Crippen molar-refractivity contribution in [3.63, 3.8) is 0 Å². The van der Waals surface area contributed by atoms with Crippen molar-refractivity contribution < 1.29 is 19.1 Å². The van der Waals surface area contributed by atoms with E-state index in [4.69, 9.17) is 14.9 Å². The van der Waals surface area contributed by atoms with Crippen molar-refractivity contribution >= 4 is 34.1 Å². The molecule has 0 aliphatic heterocycles. The molecule has 256 valence electrons. The van der Waals surface area contributed by atoms with E-state index < -0.39 is 0 Å². The molecule has 0 bridgehead atoms. The van der Waals surface area contributed by atoms with Crippen molar-refractivity contribution in [2.75, 3.05) is 19.8 Å². The van der Waals surface area contributed by atoms with Gasteiger partial charge in [0.1, 0.15) is 6.61 Å². The van der Waals surface area contributed by atoms with E-state index in [2.05, 4.69) is 35.3 Å². The molecule has 0 fully saturated rings. The van der Waals surface area contributed by atoms with Crippen molar-refractivity contribution in [3.8, 4) is 5.88 Å². The molecule has 7 nitrogen and oxygen atoms in total. The summed E-state index contributed by atoms with van der Waals surface area (Å²) in [5, 5.41) is 12.1. The second kappa shape index (κ2) is 21.1. The van der Waals surface area contributed by atoms with E-state index >= 15 is 0 Å². The Kier molecular flexibility index (Phi) is 16.9. The number of ketones is 1. The highest BCUT2D eigenvalue weighted by molar-refractivity contribution is 8.10. The number of hydrogen-bond donors (Lipinski definition) is 2. The average molecular weight is 670 g/mol. The molecular weight excluding hydrogens is 619 g/mol. The summed E-state index contributed by atoms with van der Waals surface area (Å²) in [6.07, 6.45) is 22.0. The number of aromatic nitrogens is 1. The van der Waals surface area contributed by atoms with Crippen LogP contribution >= 0.6 is 11.8 Å². The van der Waals surface area contributed by atoms with Gasteiger partial charge in [-0.25, -0.2) is 4.98 Å². The van der Waals surface area contributed by atoms with Crippen LogP contribution in [0.3, 0.4) is 0 Å². The molecule has 0 spiro atoms. The number of Topliss-reactive ketones (excluding diaryl/α,β-unsaturated/α-hetero) is 1. The van der Waals surface area contributed by atoms with Gasteiger partial charge in [-0.1, -0.05) is 54.6 Å². The van der Waals surface area contributed by atoms with Crippen LogP contribution in [0.5, 0.6) is 5.88 Å². The molecule has 0 saturated carbocycles. The molecule has 2 N–H and O–H groups in total. The Morgan fingerprint density at radius 1 is 1.06 bits per heavy atom. The average Bonchev–Trinajstić information content (AvgIpc) is 3.32. The number of rotatable bonds is 19. The third-order valence-corrected chi connectivity index (χ3v) is 8.90. The van der Waals surface area contributed by atoms with Crippen molar-refractivity contribution in [2.24, 2.45) is 0 Å². The molecule has 0 radical (unpaired) electrons. The highest BCUT2D eigenvalue weighted by Gasteiger charge is 2.18. The number of thioether (sulfide) groups is 1. The normalized spacial score (nSPS) is 15.1. The van der Waals surface area contributed by atoms with Gasteiger partial charge in [0.15, 0.2) is 5.78 Å². The summed E-state index contributed by atoms with van der Waals surface area (Å²) in [7, 11) is 0. The van der Waals surface area contributed by atoms with Crippen LogP contribution in [0.1, 0.15) is 97.0 Å². The van der Waals surface area contributed by atoms with E-state index in [0.29, 0.717) is 65.2 Å². The Morgan fingerprint density at radius 2 is 1.85 bits per heavy atom. The Bertz CT molecular complexity index is 1540. The highest BCUT2D eigenvalue weighted by atomic mass is 32.2. The van der Waals surface area contributed by atoms with Crippen LogP contribution < -0.4 is 10.1 Å². The maximum absolute atomic E-state index is 13.6. The zero-order chi connectivity index (χ0) is 34.7. The number of nitrogens with zero attached hydrogens (tertiary/aromatic N) is 1. The van der Waals surface area contributed by atoms with Crippen molar-refractivity contribution in [2.45, 2.75) is 91.4 Å². The molecule has 0 aromatic carbocycles. The number of carbonyl (C=O) groups is 2. The predicted octanol–water partition coefficient (Wildman–Crippen LogP) is 9.52. The molecule has 2 aliphatic rings. The smallest absolute Gasteiger partial charge is 0.256 e. The van der Waals surface area contributed by atoms with Gasteiger partial charge in [0.25, 0.3) is 5.91 Å². The molecule has 2 aliphatic carbocycles. The minimum Gasteiger partial charge on any atom is -0.475 e. The Hall–Kier alpha value is -3.97. The first-order valence-corrected chi connectivity index (χ1v) is 17.8. The predicted molar refractivity (Wildman–Crippen MR) is 199 cm³/mol. The Morgan fingerprint density at radius 3 is 2.60 bits per heavy atom. The van der Waals surface area contributed by atoms with Crippen molar-refractivity contribution in [1.82, 2.24) is 10.3 Å². The van der Waals surface area contributed by atoms with Crippen LogP contribution in [-0.4, -0.2) is 42.2 Å². The molecule has 8 heteroatoms. The molecule has 3 rings (SSSR count). The summed E-state index contributed by atoms with van der Waals surface area (Å²) in [6, 6.07) is 3.62. The summed E-state index contributed by atoms with van der Waals surface area (Å²) in [5.74, 6) is -0.0855. The molecule has 1 aromatic rings. The highest BCUT2D eigenvalue weighted by Crippen LogP contribution is 2.30. The lowest BCUT2D eigenvalue weighted by Gasteiger charge is -2.14. The first-order chi connectivity index (χ1) is 23.1. The fourth-order valence-electron chi connectivity index (χ4n) is 5.24. The fraction of sp³-hybridized carbons (Fsp3) is 0.425. The zero-order valence-electron chi connectivity index (χ0n) is 28.9. The van der Waals surface area contributed by atoms with Crippen molar-refractivity contribution in [3.05, 3.63) is 106 Å². The van der Waals surface area contributed by atoms with Gasteiger partial charge in [0.2, 0.25) is 5.88 Å². The third kappa shape index (κ3) is 14.0. The lowest BCUT2D eigenvalue weighted by Crippen LogP contribution is -2.27. The number of unbranched alkanes of at least 4 members (excludes halogenated alkanes) is 1. The fourth-order valence-corrected chi connectivity index (χ4v) is 6.07. The van der Waals surface area contributed by atoms with Crippen LogP contribution in [0.15, 0.2) is 100 Å². The maximum Gasteiger partial charge on any atom is 0.256 e. The molecule has 0 unspecified atom stereocenters. The van der Waals surface area contributed by atoms with Crippen molar-refractivity contribution in [1.29, 1.82) is 5.41 Å². The van der Waals surface area contributed by atoms with Gasteiger partial charge in [0.05, 0.1) is 24.5 Å². The van der Waals surface area contributed by atoms with E-state index in [-0.39, 0.29) is 11.7 Å². The largest absolute Gasteiger partial charge is 0.475 e. The molecular formula is C40H51N3O4S. The quantitative estimate of drug-likeness (QED) is 0.0380. The molecule has 1 aromatic heterocycles. The summed E-state index contributed by atoms with van der Waals surface area (Å²) in [4.78, 5) is 31.1. The minimum atomic E-state index is -0.362. The monoisotopic (exact) mass is 669 g/mol. The number of carbonyl (C=O) groups excluding carboxylic acids is 2. The maximum atomic E-state index is 13.6. The summed E-state index contributed by atoms with van der Waals surface area (Å²) in [6.45, 7) is 14.4. The van der Waals surface area contributed by atoms with Gasteiger partial charge in [0, 0.05) is 34.9 Å². The van der Waals surface area contributed by atoms with E-state index in [1.54, 1.807) is 37.1 Å². The molecule has 1 heterocycles. The number of pyridine rings is 1. The minimum absolute atomic E-state index is 0.168. The van der Waals surface area contributed by atoms with E-state index in [1.807, 2.05) is 24.3 Å². The summed E-state index contributed by atoms with van der Waals surface area (Å²) >= 11 is 1.30. The van der Waals surface area contributed by atoms with Crippen LogP contribution in [0.4, 0.5) is 0 Å². The molecule has 1 amide bonds. The second-order valence-electron chi connectivity index (χ2n) is 12.2. The number of allylic oxidation sites excluding steroid dienone is 6. The lowest BCUT2D eigenvalue weighted by molar-refractivity contribution is -0.116. The topological polar surface area (TPSA) is 101 Å². The van der Waals surface area contributed by atoms with Gasteiger partial charge in [-0.05, 0) is 113 Å². The van der Waals surface area contributed by atoms with Gasteiger partial charge in [-0.2, -0.15) is 0 Å². The number of amides is 1. The van der Waals surface area contributed by atoms with Gasteiger partial charge in [-0.3, -0.25) is 9.59 Å². The molecule has 0 saturated heterocycles. The first kappa shape index (κ1) is 38.5. The van der Waals surface area contributed by atoms with Gasteiger partial charge < -0.3 is 20.2 Å². The second-order valence-corrected chi connectivity index (χ2v) is 13.2. The lowest BCUT2D eigenvalue weighted by atomic mass is 9.98. The number of ether oxygens (including phenoxy) is 2. The summed E-state index contributed by atoms with van der Waals surface area (Å²) in [5.41, 5.74) is 9.14. The SMILES string of the molecule is C=C(C)C(=CSC(=C)c1ccnc(OCCOCCC(C)=N)c1)C(=O)NC1=CC=C(CCCCC2=CCCCCC2)CC=C=C1C(C)=O. The third-order valence-electron chi connectivity index (χ3n) is 8.03. The van der Waals surface area contributed by atoms with E-state index in [9.17, 15) is 9.59 Å². The van der Waals surface area contributed by atoms with Crippen LogP contribution in [0.2, 0.25) is 0 Å². The number of nitrogens with one attached hydrogen (secondary N) is 2. The summed E-state index contributed by atoms with van der Waals surface area (Å²) < 4.78 is 11.2. The van der Waals surface area contributed by atoms with E-state index in [1.165, 1.54) is 69.2 Å². The van der Waals surface area contributed by atoms with E-state index in [0.717, 1.165) is 24.8 Å². The standard InChI is InChI=1S/C40H51N3O4S/c1-29(2)37(28-48-32(5)35-21-23-42-39(27-35)47-26-25-46-24-22-30(3)41)40(45)43-38-20-19-34(17-12-18-36(38)31(4)44)16-11-10-15-33-13-8-6-7-9-14-33/h12-13,19-21,23,27-28,41H,1,5-11,14-17,22,24-26H2,2-4H3,(H,43,45).